The highest BCUT2D eigenvalue weighted by Gasteiger charge is 2.54. The van der Waals surface area contributed by atoms with Gasteiger partial charge in [-0.15, -0.1) is 4.58 Å². The Balaban J connectivity index is 0.844. The predicted molar refractivity (Wildman–Crippen MR) is 238 cm³/mol. The Morgan fingerprint density at radius 2 is 1.30 bits per heavy atom. The van der Waals surface area contributed by atoms with Crippen molar-refractivity contribution >= 4 is 89.2 Å². The second-order valence-corrected chi connectivity index (χ2v) is 22.6. The minimum absolute atomic E-state index is 0.0221. The zero-order valence-electron chi connectivity index (χ0n) is 38.6. The second-order valence-electron chi connectivity index (χ2n) is 16.7. The van der Waals surface area contributed by atoms with Crippen LogP contribution in [0.1, 0.15) is 19.4 Å². The number of phosphoric acid groups is 4. The topological polar surface area (TPSA) is 569 Å². The van der Waals surface area contributed by atoms with Gasteiger partial charge in [0.15, 0.2) is 35.1 Å². The Morgan fingerprint density at radius 1 is 0.724 bits per heavy atom. The maximum absolute atomic E-state index is 13.7. The first-order valence-electron chi connectivity index (χ1n) is 21.8. The number of phosphoric ester groups is 3. The van der Waals surface area contributed by atoms with Crippen molar-refractivity contribution in [2.24, 2.45) is 0 Å². The number of aromatic nitrogens is 10. The van der Waals surface area contributed by atoms with E-state index >= 15 is 0 Å². The molecule has 0 spiro atoms. The van der Waals surface area contributed by atoms with Gasteiger partial charge in [-0.1, -0.05) is 0 Å². The maximum atomic E-state index is 13.7. The van der Waals surface area contributed by atoms with Crippen LogP contribution in [0.5, 0.6) is 0 Å². The summed E-state index contributed by atoms with van der Waals surface area (Å²) < 4.78 is 106. The highest BCUT2D eigenvalue weighted by Crippen LogP contribution is 2.63. The summed E-state index contributed by atoms with van der Waals surface area (Å²) in [5.41, 5.74) is 15.5. The number of aromatic amines is 2. The summed E-state index contributed by atoms with van der Waals surface area (Å²) in [7, 11) is -23.4. The molecule has 5 unspecified atom stereocenters. The van der Waals surface area contributed by atoms with Gasteiger partial charge in [0.2, 0.25) is 12.2 Å². The third-order valence-corrected chi connectivity index (χ3v) is 17.0. The number of aliphatic hydroxyl groups is 4. The molecule has 17 atom stereocenters. The molecule has 43 heteroatoms. The third-order valence-electron chi connectivity index (χ3n) is 11.9. The SMILES string of the molecule is CC[NH+]1C=[N+]([C@@H]2O[C@H](COP(=O)([O-])OP(=O)([O-])OP(=O)([O-])OC[C@H]3O[C@@H](n4cnc5c(N)ncnc54)[C@H](OP(=O)(O)OC[C@H]4O[C@@H](n5cnc6c(=O)[nH]c(N)nc65)[C@H](O)[C@@H]4O)[C@@H]3OC)[C@@H](O)[C@H]2O)c2nc(N)[nH]c(=O)c21. The van der Waals surface area contributed by atoms with Crippen LogP contribution < -0.4 is 47.9 Å². The Bertz CT molecular complexity index is 3380. The predicted octanol–water partition coefficient (Wildman–Crippen LogP) is -7.34. The number of aliphatic hydroxyl groups excluding tert-OH is 4. The number of methoxy groups -OCH3 is 1. The van der Waals surface area contributed by atoms with Crippen molar-refractivity contribution in [1.82, 2.24) is 49.0 Å². The first kappa shape index (κ1) is 55.8. The van der Waals surface area contributed by atoms with E-state index in [0.29, 0.717) is 11.4 Å². The van der Waals surface area contributed by atoms with Gasteiger partial charge in [-0.2, -0.15) is 4.98 Å². The third kappa shape index (κ3) is 11.0. The lowest BCUT2D eigenvalue weighted by Crippen LogP contribution is -3.06. The van der Waals surface area contributed by atoms with Crippen LogP contribution in [-0.4, -0.2) is 180 Å². The molecule has 5 aromatic heterocycles. The number of nitrogen functional groups attached to an aromatic ring is 3. The normalized spacial score (nSPS) is 31.8. The molecule has 0 bridgehead atoms. The van der Waals surface area contributed by atoms with Gasteiger partial charge in [-0.3, -0.25) is 51.4 Å². The van der Waals surface area contributed by atoms with Crippen LogP contribution in [0.25, 0.3) is 22.3 Å². The van der Waals surface area contributed by atoms with Crippen LogP contribution in [0, 0.1) is 0 Å². The first-order chi connectivity index (χ1) is 35.7. The molecule has 39 nitrogen and oxygen atoms in total. The lowest BCUT2D eigenvalue weighted by Gasteiger charge is -2.35. The highest BCUT2D eigenvalue weighted by molar-refractivity contribution is 7.65. The smallest absolute Gasteiger partial charge is 0.472 e. The molecular formula is C33H44N15O24P4-. The molecule has 0 amide bonds. The number of quaternary nitrogens is 1. The van der Waals surface area contributed by atoms with Gasteiger partial charge >= 0.3 is 25.1 Å². The van der Waals surface area contributed by atoms with E-state index in [2.05, 4.69) is 53.0 Å². The fraction of sp³-hybridized carbons (Fsp3) is 0.545. The summed E-state index contributed by atoms with van der Waals surface area (Å²) in [5.74, 6) is -0.829. The molecule has 9 heterocycles. The van der Waals surface area contributed by atoms with Gasteiger partial charge in [-0.05, 0) is 6.92 Å². The van der Waals surface area contributed by atoms with E-state index in [1.54, 1.807) is 6.92 Å². The minimum Gasteiger partial charge on any atom is -0.756 e. The van der Waals surface area contributed by atoms with Crippen molar-refractivity contribution in [3.63, 3.8) is 0 Å². The standard InChI is InChI=1S/C33H45N15O24P4/c1-3-45-10-48(26-16(45)28(54)44-33(36)42-26)30-20(52)18(50)12(68-30)5-65-74(57,58)71-76(61,62)72-75(59,60)66-6-13-21(63-2)22(31(69-13)46-8-39-14-23(34)37-7-38-24(14)46)70-73(55,56)64-4-11-17(49)19(51)29(67-11)47-9-40-15-25(47)41-32(35)43-27(15)53/h7-13,17-22,29-31,49-52H,3-6H2,1-2H3,(H11-,34,35,36,37,38,41,42,43,44,53,54,55,56,57,58,59,60,61,62)/p-1/t11-,12-,13-,17-,18-,19-,20-,21-,22-,29-,30-,31-/m1/s1. The number of fused-ring (bicyclic) bond motifs is 3. The van der Waals surface area contributed by atoms with E-state index in [1.165, 1.54) is 6.34 Å². The van der Waals surface area contributed by atoms with E-state index in [1.807, 2.05) is 0 Å². The van der Waals surface area contributed by atoms with Crippen molar-refractivity contribution in [1.29, 1.82) is 0 Å². The Hall–Kier alpha value is -4.99. The number of ether oxygens (including phenoxy) is 4. The van der Waals surface area contributed by atoms with E-state index in [9.17, 15) is 67.8 Å². The van der Waals surface area contributed by atoms with Crippen LogP contribution >= 0.6 is 31.3 Å². The van der Waals surface area contributed by atoms with Crippen molar-refractivity contribution in [3.05, 3.63) is 39.7 Å². The fourth-order valence-corrected chi connectivity index (χ4v) is 12.9. The Morgan fingerprint density at radius 3 is 1.97 bits per heavy atom. The van der Waals surface area contributed by atoms with Crippen molar-refractivity contribution in [2.45, 2.75) is 80.5 Å². The summed E-state index contributed by atoms with van der Waals surface area (Å²) in [5, 5.41) is 43.2. The van der Waals surface area contributed by atoms with Gasteiger partial charge in [0, 0.05) is 12.1 Å². The van der Waals surface area contributed by atoms with E-state index in [-0.39, 0.29) is 51.5 Å². The fourth-order valence-electron chi connectivity index (χ4n) is 8.54. The van der Waals surface area contributed by atoms with Gasteiger partial charge in [0.05, 0.1) is 39.0 Å². The number of nitrogens with two attached hydrogens (primary N) is 3. The lowest BCUT2D eigenvalue weighted by atomic mass is 10.1. The van der Waals surface area contributed by atoms with Crippen molar-refractivity contribution < 1.29 is 113 Å². The average molecular weight is 1160 g/mol. The molecule has 0 aromatic carbocycles. The molecule has 76 heavy (non-hydrogen) atoms. The molecule has 0 saturated carbocycles. The summed E-state index contributed by atoms with van der Waals surface area (Å²) in [6.45, 7) is -1.48. The maximum Gasteiger partial charge on any atom is 0.472 e. The van der Waals surface area contributed by atoms with E-state index < -0.39 is 136 Å². The van der Waals surface area contributed by atoms with Crippen LogP contribution in [0.2, 0.25) is 0 Å². The largest absolute Gasteiger partial charge is 0.756 e. The molecule has 4 aliphatic rings. The molecule has 14 N–H and O–H groups in total. The molecule has 4 aliphatic heterocycles. The van der Waals surface area contributed by atoms with Gasteiger partial charge in [0.25, 0.3) is 41.1 Å². The molecule has 0 aliphatic carbocycles. The number of nitrogens with one attached hydrogen (secondary N) is 3. The van der Waals surface area contributed by atoms with E-state index in [0.717, 1.165) is 39.8 Å². The van der Waals surface area contributed by atoms with Crippen LogP contribution in [-0.2, 0) is 63.9 Å². The molecule has 5 aromatic rings. The number of hydrogen-bond donors (Lipinski definition) is 11. The minimum atomic E-state index is -6.54. The van der Waals surface area contributed by atoms with E-state index in [4.69, 9.17) is 49.7 Å². The second kappa shape index (κ2) is 21.0. The molecule has 416 valence electrons. The molecule has 3 fully saturated rings. The summed E-state index contributed by atoms with van der Waals surface area (Å²) in [4.78, 5) is 103. The van der Waals surface area contributed by atoms with Crippen LogP contribution in [0.4, 0.5) is 29.2 Å². The zero-order chi connectivity index (χ0) is 55.0. The number of nitrogens with zero attached hydrogens (tertiary/aromatic N) is 9. The van der Waals surface area contributed by atoms with Crippen molar-refractivity contribution in [2.75, 3.05) is 50.7 Å². The lowest BCUT2D eigenvalue weighted by molar-refractivity contribution is -0.737. The average Bonchev–Trinajstić information content (AvgIpc) is 4.21. The monoisotopic (exact) mass is 1160 g/mol. The summed E-state index contributed by atoms with van der Waals surface area (Å²) in [6, 6.07) is 0. The Kier molecular flexibility index (Phi) is 15.4. The van der Waals surface area contributed by atoms with Crippen LogP contribution in [0.15, 0.2) is 28.6 Å². The molecule has 0 radical (unpaired) electrons. The quantitative estimate of drug-likeness (QED) is 0.0255. The number of anilines is 3. The Labute approximate surface area is 421 Å². The van der Waals surface area contributed by atoms with Gasteiger partial charge in [-0.25, -0.2) is 38.0 Å². The summed E-state index contributed by atoms with van der Waals surface area (Å²) in [6.07, 6.45) is -16.1. The summed E-state index contributed by atoms with van der Waals surface area (Å²) >= 11 is 0. The van der Waals surface area contributed by atoms with Crippen LogP contribution in [0.3, 0.4) is 0 Å². The van der Waals surface area contributed by atoms with Gasteiger partial charge in [0.1, 0.15) is 66.8 Å². The first-order valence-corrected chi connectivity index (χ1v) is 27.6. The molecular weight excluding hydrogens is 1110 g/mol. The number of rotatable bonds is 20. The van der Waals surface area contributed by atoms with Gasteiger partial charge < -0.3 is 85.2 Å². The number of imidazole rings is 2. The zero-order valence-corrected chi connectivity index (χ0v) is 42.2. The number of H-pyrrole nitrogens is 2. The molecule has 9 rings (SSSR count). The molecule has 3 saturated heterocycles. The van der Waals surface area contributed by atoms with Crippen molar-refractivity contribution in [3.8, 4) is 0 Å². The highest BCUT2D eigenvalue weighted by atomic mass is 31.3. The number of hydrogen-bond acceptors (Lipinski definition) is 32.